The summed E-state index contributed by atoms with van der Waals surface area (Å²) in [6.45, 7) is 9.91. The summed E-state index contributed by atoms with van der Waals surface area (Å²) < 4.78 is 0. The zero-order valence-electron chi connectivity index (χ0n) is 35.0. The minimum absolute atomic E-state index is 0.216. The fraction of sp³-hybridized carbons (Fsp3) is 0.826. The van der Waals surface area contributed by atoms with Crippen LogP contribution in [0.2, 0.25) is 0 Å². The van der Waals surface area contributed by atoms with E-state index >= 15 is 0 Å². The van der Waals surface area contributed by atoms with Gasteiger partial charge >= 0.3 is 12.1 Å². The maximum Gasteiger partial charge on any atom is 0.319 e. The molecule has 0 bridgehead atoms. The summed E-state index contributed by atoms with van der Waals surface area (Å²) in [5, 5.41) is 12.0. The van der Waals surface area contributed by atoms with Gasteiger partial charge in [0, 0.05) is 13.1 Å². The molecule has 6 heteroatoms. The molecule has 1 rings (SSSR count). The first kappa shape index (κ1) is 47.8. The largest absolute Gasteiger partial charge is 0.338 e. The maximum absolute atomic E-state index is 12.8. The highest BCUT2D eigenvalue weighted by Crippen LogP contribution is 2.28. The van der Waals surface area contributed by atoms with Gasteiger partial charge in [-0.2, -0.15) is 0 Å². The monoisotopic (exact) mass is 727 g/mol. The Morgan fingerprint density at radius 2 is 0.692 bits per heavy atom. The van der Waals surface area contributed by atoms with E-state index in [1.807, 2.05) is 26.0 Å². The zero-order valence-corrected chi connectivity index (χ0v) is 35.0. The summed E-state index contributed by atoms with van der Waals surface area (Å²) in [4.78, 5) is 25.5. The first-order valence-electron chi connectivity index (χ1n) is 22.7. The Hall–Kier alpha value is -2.24. The highest BCUT2D eigenvalue weighted by molar-refractivity contribution is 5.99. The summed E-state index contributed by atoms with van der Waals surface area (Å²) in [6.07, 6.45) is 42.9. The number of urea groups is 2. The van der Waals surface area contributed by atoms with Crippen LogP contribution in [-0.4, -0.2) is 25.2 Å². The number of aryl methyl sites for hydroxylation is 1. The molecule has 0 fully saturated rings. The molecular weight excluding hydrogens is 641 g/mol. The van der Waals surface area contributed by atoms with Crippen molar-refractivity contribution in [3.8, 4) is 0 Å². The number of nitrogens with one attached hydrogen (secondary N) is 4. The van der Waals surface area contributed by atoms with Crippen LogP contribution >= 0.6 is 0 Å². The minimum Gasteiger partial charge on any atom is -0.338 e. The summed E-state index contributed by atoms with van der Waals surface area (Å²) in [5.74, 6) is 0. The number of unbranched alkanes of at least 4 members (excludes halogenated alkanes) is 30. The number of carbonyl (C=O) groups is 2. The minimum atomic E-state index is -0.221. The van der Waals surface area contributed by atoms with E-state index in [1.165, 1.54) is 180 Å². The molecule has 0 aromatic heterocycles. The second-order valence-corrected chi connectivity index (χ2v) is 15.8. The molecule has 0 radical (unpaired) electrons. The second kappa shape index (κ2) is 35.8. The normalized spacial score (nSPS) is 11.2. The molecule has 0 atom stereocenters. The van der Waals surface area contributed by atoms with E-state index in [4.69, 9.17) is 0 Å². The third kappa shape index (κ3) is 28.3. The number of amides is 4. The molecular formula is C46H86N4O2. The standard InChI is InChI=1S/C46H86N4O2/c1-5-7-9-11-13-15-17-19-21-23-25-27-29-31-33-35-39-47-45(51)49-43-38-37-41(3)42(4)44(43)50-46(52)48-40-36-34-32-30-28-26-24-22-20-18-16-14-12-10-8-6-2/h37-38H,5-36,39-40H2,1-4H3,(H2,47,49,51)(H2,48,50,52). The number of rotatable bonds is 36. The third-order valence-electron chi connectivity index (χ3n) is 10.9. The van der Waals surface area contributed by atoms with Crippen molar-refractivity contribution in [2.45, 2.75) is 233 Å². The number of anilines is 2. The molecule has 302 valence electrons. The summed E-state index contributed by atoms with van der Waals surface area (Å²) in [6, 6.07) is 3.43. The van der Waals surface area contributed by atoms with E-state index in [1.54, 1.807) is 0 Å². The Morgan fingerprint density at radius 1 is 0.404 bits per heavy atom. The molecule has 0 heterocycles. The van der Waals surface area contributed by atoms with Gasteiger partial charge in [-0.1, -0.05) is 213 Å². The number of hydrogen-bond donors (Lipinski definition) is 4. The van der Waals surface area contributed by atoms with Crippen molar-refractivity contribution in [1.29, 1.82) is 0 Å². The van der Waals surface area contributed by atoms with Crippen molar-refractivity contribution >= 4 is 23.4 Å². The lowest BCUT2D eigenvalue weighted by molar-refractivity contribution is 0.250. The summed E-state index contributed by atoms with van der Waals surface area (Å²) in [5.41, 5.74) is 3.34. The predicted octanol–water partition coefficient (Wildman–Crippen LogP) is 15.1. The van der Waals surface area contributed by atoms with Crippen LogP contribution in [0.5, 0.6) is 0 Å². The molecule has 4 N–H and O–H groups in total. The zero-order chi connectivity index (χ0) is 37.7. The molecule has 6 nitrogen and oxygen atoms in total. The molecule has 52 heavy (non-hydrogen) atoms. The fourth-order valence-corrected chi connectivity index (χ4v) is 7.16. The predicted molar refractivity (Wildman–Crippen MR) is 229 cm³/mol. The van der Waals surface area contributed by atoms with Crippen molar-refractivity contribution in [3.63, 3.8) is 0 Å². The third-order valence-corrected chi connectivity index (χ3v) is 10.9. The van der Waals surface area contributed by atoms with Crippen LogP contribution in [0.25, 0.3) is 0 Å². The summed E-state index contributed by atoms with van der Waals surface area (Å²) in [7, 11) is 0. The van der Waals surface area contributed by atoms with E-state index in [2.05, 4.69) is 35.1 Å². The number of carbonyl (C=O) groups excluding carboxylic acids is 2. The number of hydrogen-bond acceptors (Lipinski definition) is 2. The van der Waals surface area contributed by atoms with Gasteiger partial charge < -0.3 is 21.3 Å². The van der Waals surface area contributed by atoms with Crippen molar-refractivity contribution < 1.29 is 9.59 Å². The molecule has 4 amide bonds. The molecule has 1 aromatic carbocycles. The van der Waals surface area contributed by atoms with Crippen molar-refractivity contribution in [3.05, 3.63) is 23.3 Å². The molecule has 0 aliphatic rings. The first-order valence-corrected chi connectivity index (χ1v) is 22.7. The van der Waals surface area contributed by atoms with E-state index < -0.39 is 0 Å². The molecule has 0 saturated heterocycles. The summed E-state index contributed by atoms with van der Waals surface area (Å²) >= 11 is 0. The molecule has 0 aliphatic heterocycles. The smallest absolute Gasteiger partial charge is 0.319 e. The van der Waals surface area contributed by atoms with Gasteiger partial charge in [-0.25, -0.2) is 9.59 Å². The Bertz CT molecular complexity index is 981. The lowest BCUT2D eigenvalue weighted by atomic mass is 10.0. The van der Waals surface area contributed by atoms with E-state index in [9.17, 15) is 9.59 Å². The van der Waals surface area contributed by atoms with Crippen LogP contribution < -0.4 is 21.3 Å². The first-order chi connectivity index (χ1) is 25.5. The van der Waals surface area contributed by atoms with E-state index in [-0.39, 0.29) is 12.1 Å². The van der Waals surface area contributed by atoms with Gasteiger partial charge in [0.25, 0.3) is 0 Å². The van der Waals surface area contributed by atoms with Crippen LogP contribution in [0.15, 0.2) is 12.1 Å². The molecule has 1 aromatic rings. The van der Waals surface area contributed by atoms with Crippen molar-refractivity contribution in [1.82, 2.24) is 10.6 Å². The van der Waals surface area contributed by atoms with Gasteiger partial charge in [-0.05, 0) is 43.9 Å². The van der Waals surface area contributed by atoms with Gasteiger partial charge in [-0.3, -0.25) is 0 Å². The lowest BCUT2D eigenvalue weighted by Crippen LogP contribution is -2.32. The van der Waals surface area contributed by atoms with Crippen LogP contribution in [0.4, 0.5) is 21.0 Å². The van der Waals surface area contributed by atoms with Crippen LogP contribution in [0, 0.1) is 13.8 Å². The average molecular weight is 727 g/mol. The lowest BCUT2D eigenvalue weighted by Gasteiger charge is -2.17. The molecule has 0 unspecified atom stereocenters. The van der Waals surface area contributed by atoms with Gasteiger partial charge in [0.15, 0.2) is 0 Å². The average Bonchev–Trinajstić information content (AvgIpc) is 3.14. The quantitative estimate of drug-likeness (QED) is 0.0519. The molecule has 0 saturated carbocycles. The Balaban J connectivity index is 2.08. The fourth-order valence-electron chi connectivity index (χ4n) is 7.16. The van der Waals surface area contributed by atoms with E-state index in [0.29, 0.717) is 24.5 Å². The van der Waals surface area contributed by atoms with Crippen LogP contribution in [-0.2, 0) is 0 Å². The Kier molecular flexibility index (Phi) is 32.9. The van der Waals surface area contributed by atoms with Crippen LogP contribution in [0.3, 0.4) is 0 Å². The highest BCUT2D eigenvalue weighted by atomic mass is 16.2. The Morgan fingerprint density at radius 3 is 1.02 bits per heavy atom. The molecule has 0 aliphatic carbocycles. The van der Waals surface area contributed by atoms with Crippen LogP contribution in [0.1, 0.15) is 230 Å². The SMILES string of the molecule is CCCCCCCCCCCCCCCCCCNC(=O)Nc1ccc(C)c(C)c1NC(=O)NCCCCCCCCCCCCCCCCCC. The van der Waals surface area contributed by atoms with Gasteiger partial charge in [-0.15, -0.1) is 0 Å². The maximum atomic E-state index is 12.8. The number of benzene rings is 1. The van der Waals surface area contributed by atoms with Crippen molar-refractivity contribution in [2.75, 3.05) is 23.7 Å². The van der Waals surface area contributed by atoms with Gasteiger partial charge in [0.1, 0.15) is 0 Å². The Labute approximate surface area is 323 Å². The highest BCUT2D eigenvalue weighted by Gasteiger charge is 2.13. The topological polar surface area (TPSA) is 82.3 Å². The van der Waals surface area contributed by atoms with Gasteiger partial charge in [0.05, 0.1) is 11.4 Å². The van der Waals surface area contributed by atoms with Crippen molar-refractivity contribution in [2.24, 2.45) is 0 Å². The second-order valence-electron chi connectivity index (χ2n) is 15.8. The van der Waals surface area contributed by atoms with E-state index in [0.717, 1.165) is 36.8 Å². The van der Waals surface area contributed by atoms with Gasteiger partial charge in [0.2, 0.25) is 0 Å². The molecule has 0 spiro atoms.